The second-order valence-corrected chi connectivity index (χ2v) is 17.3. The number of amides is 2. The maximum Gasteiger partial charge on any atom is 0.255 e. The molecule has 0 saturated carbocycles. The van der Waals surface area contributed by atoms with Gasteiger partial charge in [-0.25, -0.2) is 0 Å². The van der Waals surface area contributed by atoms with Crippen LogP contribution in [0.25, 0.3) is 0 Å². The van der Waals surface area contributed by atoms with Crippen molar-refractivity contribution in [3.63, 3.8) is 0 Å². The topological polar surface area (TPSA) is 79.4 Å². The number of rotatable bonds is 10. The molecule has 0 radical (unpaired) electrons. The third-order valence-electron chi connectivity index (χ3n) is 13.7. The molecule has 1 unspecified atom stereocenters. The van der Waals surface area contributed by atoms with Crippen LogP contribution in [0.4, 0.5) is 5.69 Å². The first-order chi connectivity index (χ1) is 27.9. The minimum Gasteiger partial charge on any atom is -0.508 e. The number of likely N-dealkylation sites (tertiary alicyclic amines) is 1. The highest BCUT2D eigenvalue weighted by Crippen LogP contribution is 2.47. The van der Waals surface area contributed by atoms with E-state index in [-0.39, 0.29) is 11.8 Å². The van der Waals surface area contributed by atoms with E-state index >= 15 is 0 Å². The summed E-state index contributed by atoms with van der Waals surface area (Å²) in [4.78, 5) is 35.4. The third kappa shape index (κ3) is 8.12. The van der Waals surface area contributed by atoms with Crippen LogP contribution in [-0.4, -0.2) is 90.0 Å². The lowest BCUT2D eigenvalue weighted by atomic mass is 9.69. The van der Waals surface area contributed by atoms with E-state index in [1.165, 1.54) is 72.4 Å². The summed E-state index contributed by atoms with van der Waals surface area (Å²) < 4.78 is 0. The maximum absolute atomic E-state index is 13.2. The van der Waals surface area contributed by atoms with Crippen molar-refractivity contribution in [3.8, 4) is 5.75 Å². The van der Waals surface area contributed by atoms with Crippen molar-refractivity contribution in [3.05, 3.63) is 142 Å². The van der Waals surface area contributed by atoms with Crippen LogP contribution in [0, 0.1) is 5.92 Å². The smallest absolute Gasteiger partial charge is 0.255 e. The first-order valence-corrected chi connectivity index (χ1v) is 21.4. The summed E-state index contributed by atoms with van der Waals surface area (Å²) in [5, 5.41) is 13.0. The Bertz CT molecular complexity index is 2080. The van der Waals surface area contributed by atoms with Crippen LogP contribution in [0.15, 0.2) is 103 Å². The van der Waals surface area contributed by atoms with E-state index in [0.717, 1.165) is 74.7 Å². The van der Waals surface area contributed by atoms with Crippen molar-refractivity contribution in [2.75, 3.05) is 57.3 Å². The van der Waals surface area contributed by atoms with E-state index in [9.17, 15) is 14.7 Å². The van der Waals surface area contributed by atoms with Gasteiger partial charge in [0.05, 0.1) is 0 Å². The van der Waals surface area contributed by atoms with Crippen molar-refractivity contribution < 1.29 is 14.7 Å². The van der Waals surface area contributed by atoms with Crippen LogP contribution < -0.4 is 10.2 Å². The van der Waals surface area contributed by atoms with Crippen molar-refractivity contribution in [2.24, 2.45) is 5.92 Å². The number of nitrogens with zero attached hydrogens (tertiary/aromatic N) is 4. The van der Waals surface area contributed by atoms with E-state index in [2.05, 4.69) is 99.4 Å². The van der Waals surface area contributed by atoms with Gasteiger partial charge in [0.25, 0.3) is 5.91 Å². The Morgan fingerprint density at radius 2 is 1.53 bits per heavy atom. The number of piperazine rings is 1. The Labute approximate surface area is 338 Å². The second kappa shape index (κ2) is 16.5. The van der Waals surface area contributed by atoms with E-state index < -0.39 is 6.04 Å². The van der Waals surface area contributed by atoms with Gasteiger partial charge in [-0.2, -0.15) is 0 Å². The largest absolute Gasteiger partial charge is 0.508 e. The fraction of sp³-hybridized carbons (Fsp3) is 0.429. The Morgan fingerprint density at radius 1 is 0.737 bits per heavy atom. The van der Waals surface area contributed by atoms with Crippen molar-refractivity contribution in [2.45, 2.75) is 75.8 Å². The van der Waals surface area contributed by atoms with Crippen molar-refractivity contribution in [1.29, 1.82) is 0 Å². The standard InChI is InChI=1S/C49H57N5O3/c1-34-9-20-46(48(56)50-34)54-33-40-30-41(15-18-45(40)49(54)57)53-28-26-52(27-29-53)32-36-21-24-51(25-22-36)23-5-6-35-10-12-38(13-11-35)47-43(37-7-3-2-4-8-37)17-14-39-31-42(55)16-19-44(39)47/h2-4,7-8,10-13,15-16,18-19,30-31,36,43,46-47,55H,1,5-6,9,14,17,20-29,32-33H2,(H,50,56)/t43-,46?,47+/m1/s1. The van der Waals surface area contributed by atoms with Crippen molar-refractivity contribution in [1.82, 2.24) is 20.0 Å². The Kier molecular flexibility index (Phi) is 10.9. The van der Waals surface area contributed by atoms with Gasteiger partial charge in [-0.1, -0.05) is 67.2 Å². The number of fused-ring (bicyclic) bond motifs is 2. The zero-order valence-electron chi connectivity index (χ0n) is 33.3. The van der Waals surface area contributed by atoms with Crippen LogP contribution in [0.2, 0.25) is 0 Å². The third-order valence-corrected chi connectivity index (χ3v) is 13.7. The molecule has 5 aliphatic rings. The Morgan fingerprint density at radius 3 is 2.30 bits per heavy atom. The first kappa shape index (κ1) is 37.6. The number of aromatic hydroxyl groups is 1. The lowest BCUT2D eigenvalue weighted by molar-refractivity contribution is -0.126. The highest BCUT2D eigenvalue weighted by atomic mass is 16.3. The van der Waals surface area contributed by atoms with Gasteiger partial charge in [0.2, 0.25) is 5.91 Å². The maximum atomic E-state index is 13.2. The number of carbonyl (C=O) groups is 2. The normalized spacial score (nSPS) is 23.4. The number of anilines is 1. The summed E-state index contributed by atoms with van der Waals surface area (Å²) in [6.07, 6.45) is 8.28. The lowest BCUT2D eigenvalue weighted by Gasteiger charge is -2.39. The molecule has 1 aliphatic carbocycles. The predicted molar refractivity (Wildman–Crippen MR) is 227 cm³/mol. The molecule has 4 aromatic rings. The molecule has 2 amide bonds. The minimum atomic E-state index is -0.420. The number of benzene rings is 4. The van der Waals surface area contributed by atoms with Crippen molar-refractivity contribution >= 4 is 17.5 Å². The van der Waals surface area contributed by atoms with Gasteiger partial charge in [-0.05, 0) is 147 Å². The molecule has 4 aliphatic heterocycles. The fourth-order valence-electron chi connectivity index (χ4n) is 10.5. The number of phenols is 1. The van der Waals surface area contributed by atoms with Crippen LogP contribution in [0.3, 0.4) is 0 Å². The summed E-state index contributed by atoms with van der Waals surface area (Å²) in [6.45, 7) is 13.3. The molecule has 0 aromatic heterocycles. The number of phenolic OH excluding ortho intramolecular Hbond substituents is 1. The van der Waals surface area contributed by atoms with E-state index in [4.69, 9.17) is 0 Å². The summed E-state index contributed by atoms with van der Waals surface area (Å²) in [5.41, 5.74) is 10.5. The molecule has 4 heterocycles. The summed E-state index contributed by atoms with van der Waals surface area (Å²) >= 11 is 0. The first-order valence-electron chi connectivity index (χ1n) is 21.4. The molecule has 3 atom stereocenters. The summed E-state index contributed by atoms with van der Waals surface area (Å²) in [7, 11) is 0. The summed E-state index contributed by atoms with van der Waals surface area (Å²) in [5.74, 6) is 1.70. The highest BCUT2D eigenvalue weighted by Gasteiger charge is 2.38. The van der Waals surface area contributed by atoms with Gasteiger partial charge in [0.15, 0.2) is 0 Å². The number of hydrogen-bond donors (Lipinski definition) is 2. The quantitative estimate of drug-likeness (QED) is 0.175. The van der Waals surface area contributed by atoms with Gasteiger partial charge in [0, 0.05) is 62.1 Å². The number of nitrogens with one attached hydrogen (secondary N) is 1. The molecule has 8 nitrogen and oxygen atoms in total. The molecule has 4 aromatic carbocycles. The number of allylic oxidation sites excluding steroid dienone is 1. The Hall–Kier alpha value is -4.92. The van der Waals surface area contributed by atoms with Gasteiger partial charge in [-0.3, -0.25) is 14.5 Å². The highest BCUT2D eigenvalue weighted by molar-refractivity contribution is 6.01. The predicted octanol–water partition coefficient (Wildman–Crippen LogP) is 7.47. The van der Waals surface area contributed by atoms with Gasteiger partial charge in [-0.15, -0.1) is 0 Å². The SMILES string of the molecule is C=C1CCC(N2Cc3cc(N4CCN(CC5CCN(CCCc6ccc([C@@H]7c8ccc(O)cc8CC[C@@H]7c7ccccc7)cc6)CC5)CC4)ccc3C2=O)C(=O)N1. The van der Waals surface area contributed by atoms with Crippen LogP contribution >= 0.6 is 0 Å². The monoisotopic (exact) mass is 763 g/mol. The lowest BCUT2D eigenvalue weighted by Crippen LogP contribution is -2.49. The molecular weight excluding hydrogens is 707 g/mol. The average Bonchev–Trinajstić information content (AvgIpc) is 3.56. The molecule has 3 saturated heterocycles. The molecule has 57 heavy (non-hydrogen) atoms. The van der Waals surface area contributed by atoms with Crippen LogP contribution in [-0.2, 0) is 24.2 Å². The molecule has 0 spiro atoms. The van der Waals surface area contributed by atoms with Crippen LogP contribution in [0.1, 0.15) is 94.1 Å². The molecule has 8 heteroatoms. The second-order valence-electron chi connectivity index (χ2n) is 17.3. The fourth-order valence-corrected chi connectivity index (χ4v) is 10.5. The number of carbonyl (C=O) groups excluding carboxylic acids is 2. The zero-order valence-corrected chi connectivity index (χ0v) is 33.3. The molecule has 0 bridgehead atoms. The van der Waals surface area contributed by atoms with Gasteiger partial charge in [0.1, 0.15) is 11.8 Å². The Balaban J connectivity index is 0.715. The van der Waals surface area contributed by atoms with E-state index in [0.29, 0.717) is 37.0 Å². The number of piperidine rings is 2. The molecular formula is C49H57N5O3. The molecule has 3 fully saturated rings. The number of aryl methyl sites for hydroxylation is 2. The van der Waals surface area contributed by atoms with Crippen LogP contribution in [0.5, 0.6) is 5.75 Å². The zero-order chi connectivity index (χ0) is 38.9. The van der Waals surface area contributed by atoms with E-state index in [1.807, 2.05) is 18.2 Å². The minimum absolute atomic E-state index is 0.0341. The summed E-state index contributed by atoms with van der Waals surface area (Å²) in [6, 6.07) is 32.2. The van der Waals surface area contributed by atoms with Gasteiger partial charge < -0.3 is 25.1 Å². The molecule has 9 rings (SSSR count). The molecule has 296 valence electrons. The van der Waals surface area contributed by atoms with Gasteiger partial charge >= 0.3 is 0 Å². The molecule has 2 N–H and O–H groups in total. The number of hydrogen-bond acceptors (Lipinski definition) is 6. The average molecular weight is 764 g/mol. The van der Waals surface area contributed by atoms with E-state index in [1.54, 1.807) is 4.90 Å².